The van der Waals surface area contributed by atoms with Gasteiger partial charge in [0.15, 0.2) is 6.10 Å². The fourth-order valence-corrected chi connectivity index (χ4v) is 4.87. The quantitative estimate of drug-likeness (QED) is 0.472. The molecule has 0 saturated heterocycles. The lowest BCUT2D eigenvalue weighted by Gasteiger charge is -2.18. The maximum Gasteiger partial charge on any atom is 0.326 e. The zero-order chi connectivity index (χ0) is 23.7. The Hall–Kier alpha value is -2.76. The van der Waals surface area contributed by atoms with Gasteiger partial charge < -0.3 is 15.4 Å². The predicted octanol–water partition coefficient (Wildman–Crippen LogP) is 1.76. The smallest absolute Gasteiger partial charge is 0.326 e. The molecule has 0 saturated carbocycles. The molecular formula is C21H27N3O6S2. The van der Waals surface area contributed by atoms with Crippen molar-refractivity contribution < 1.29 is 27.5 Å². The third-order valence-electron chi connectivity index (χ3n) is 4.55. The highest BCUT2D eigenvalue weighted by molar-refractivity contribution is 7.89. The Labute approximate surface area is 191 Å². The number of carbonyl (C=O) groups is 3. The van der Waals surface area contributed by atoms with Crippen LogP contribution in [0.25, 0.3) is 0 Å². The Bertz CT molecular complexity index is 1020. The maximum atomic E-state index is 12.5. The van der Waals surface area contributed by atoms with Crippen molar-refractivity contribution >= 4 is 39.1 Å². The molecule has 11 heteroatoms. The maximum absolute atomic E-state index is 12.5. The fraction of sp³-hybridized carbons (Fsp3) is 0.381. The van der Waals surface area contributed by atoms with E-state index in [4.69, 9.17) is 4.74 Å². The molecule has 32 heavy (non-hydrogen) atoms. The van der Waals surface area contributed by atoms with E-state index in [1.54, 1.807) is 13.8 Å². The lowest BCUT2D eigenvalue weighted by atomic mass is 10.2. The third-order valence-corrected chi connectivity index (χ3v) is 7.49. The highest BCUT2D eigenvalue weighted by atomic mass is 32.2. The van der Waals surface area contributed by atoms with Gasteiger partial charge in [0.1, 0.15) is 6.54 Å². The summed E-state index contributed by atoms with van der Waals surface area (Å²) in [6.45, 7) is 5.53. The van der Waals surface area contributed by atoms with Crippen LogP contribution in [0, 0.1) is 0 Å². The van der Waals surface area contributed by atoms with Crippen molar-refractivity contribution in [2.45, 2.75) is 38.3 Å². The van der Waals surface area contributed by atoms with Crippen molar-refractivity contribution in [2.24, 2.45) is 0 Å². The molecule has 2 rings (SSSR count). The molecule has 0 aliphatic carbocycles. The largest absolute Gasteiger partial charge is 0.451 e. The number of benzene rings is 1. The molecule has 0 aliphatic rings. The number of hydrogen-bond donors (Lipinski definition) is 2. The van der Waals surface area contributed by atoms with Crippen molar-refractivity contribution in [3.63, 3.8) is 0 Å². The molecular weight excluding hydrogens is 454 g/mol. The van der Waals surface area contributed by atoms with E-state index in [2.05, 4.69) is 10.6 Å². The van der Waals surface area contributed by atoms with Crippen LogP contribution in [-0.2, 0) is 30.9 Å². The average molecular weight is 482 g/mol. The molecule has 0 bridgehead atoms. The van der Waals surface area contributed by atoms with Crippen LogP contribution in [0.5, 0.6) is 0 Å². The first-order chi connectivity index (χ1) is 15.2. The summed E-state index contributed by atoms with van der Waals surface area (Å²) in [5, 5.41) is 6.96. The number of nitrogens with one attached hydrogen (secondary N) is 2. The first-order valence-electron chi connectivity index (χ1n) is 10.1. The molecule has 1 heterocycles. The van der Waals surface area contributed by atoms with Crippen LogP contribution >= 0.6 is 11.3 Å². The molecule has 1 aromatic heterocycles. The molecule has 174 valence electrons. The number of rotatable bonds is 11. The normalized spacial score (nSPS) is 12.2. The Balaban J connectivity index is 1.83. The van der Waals surface area contributed by atoms with Crippen molar-refractivity contribution in [3.05, 3.63) is 52.2 Å². The first kappa shape index (κ1) is 25.5. The highest BCUT2D eigenvalue weighted by Gasteiger charge is 2.22. The van der Waals surface area contributed by atoms with Gasteiger partial charge in [0, 0.05) is 23.5 Å². The van der Waals surface area contributed by atoms with E-state index in [0.29, 0.717) is 19.6 Å². The zero-order valence-electron chi connectivity index (χ0n) is 18.2. The molecule has 0 spiro atoms. The van der Waals surface area contributed by atoms with Gasteiger partial charge in [-0.05, 0) is 42.6 Å². The topological polar surface area (TPSA) is 122 Å². The molecule has 2 amide bonds. The molecule has 0 radical (unpaired) electrons. The minimum Gasteiger partial charge on any atom is -0.451 e. The summed E-state index contributed by atoms with van der Waals surface area (Å²) in [7, 11) is -3.62. The number of amides is 2. The summed E-state index contributed by atoms with van der Waals surface area (Å²) < 4.78 is 31.3. The van der Waals surface area contributed by atoms with Gasteiger partial charge in [-0.3, -0.25) is 14.4 Å². The van der Waals surface area contributed by atoms with Gasteiger partial charge in [-0.2, -0.15) is 4.31 Å². The van der Waals surface area contributed by atoms with Crippen molar-refractivity contribution in [2.75, 3.05) is 19.6 Å². The number of carbonyl (C=O) groups excluding carboxylic acids is 3. The summed E-state index contributed by atoms with van der Waals surface area (Å²) in [4.78, 5) is 37.3. The number of sulfonamides is 1. The fourth-order valence-electron chi connectivity index (χ4n) is 2.77. The molecule has 9 nitrogen and oxygen atoms in total. The van der Waals surface area contributed by atoms with E-state index >= 15 is 0 Å². The summed E-state index contributed by atoms with van der Waals surface area (Å²) in [5.74, 6) is -1.77. The zero-order valence-corrected chi connectivity index (χ0v) is 19.8. The van der Waals surface area contributed by atoms with Gasteiger partial charge in [0.2, 0.25) is 10.0 Å². The molecule has 2 aromatic rings. The van der Waals surface area contributed by atoms with Crippen molar-refractivity contribution in [1.82, 2.24) is 14.9 Å². The van der Waals surface area contributed by atoms with Gasteiger partial charge in [-0.15, -0.1) is 11.3 Å². The second kappa shape index (κ2) is 11.7. The van der Waals surface area contributed by atoms with E-state index in [0.717, 1.165) is 4.88 Å². The van der Waals surface area contributed by atoms with Gasteiger partial charge in [-0.1, -0.05) is 19.9 Å². The summed E-state index contributed by atoms with van der Waals surface area (Å²) in [5.41, 5.74) is 0.193. The highest BCUT2D eigenvalue weighted by Crippen LogP contribution is 2.16. The third kappa shape index (κ3) is 6.87. The minimum atomic E-state index is -3.62. The average Bonchev–Trinajstić information content (AvgIpc) is 3.30. The van der Waals surface area contributed by atoms with Gasteiger partial charge in [0.05, 0.1) is 11.4 Å². The Morgan fingerprint density at radius 2 is 1.72 bits per heavy atom. The molecule has 0 aliphatic heterocycles. The van der Waals surface area contributed by atoms with Gasteiger partial charge in [-0.25, -0.2) is 8.42 Å². The summed E-state index contributed by atoms with van der Waals surface area (Å²) in [6, 6.07) is 9.19. The molecule has 1 unspecified atom stereocenters. The molecule has 2 N–H and O–H groups in total. The first-order valence-corrected chi connectivity index (χ1v) is 12.4. The standard InChI is InChI=1S/C21H27N3O6S2/c1-4-24(5-2)32(28,29)18-10-8-16(9-11-18)21(27)23-14-19(25)30-15(3)20(26)22-13-17-7-6-12-31-17/h6-12,15H,4-5,13-14H2,1-3H3,(H,22,26)(H,23,27). The number of nitrogens with zero attached hydrogens (tertiary/aromatic N) is 1. The lowest BCUT2D eigenvalue weighted by molar-refractivity contribution is -0.153. The molecule has 1 atom stereocenters. The van der Waals surface area contributed by atoms with E-state index in [9.17, 15) is 22.8 Å². The van der Waals surface area contributed by atoms with Gasteiger partial charge >= 0.3 is 5.97 Å². The number of thiophene rings is 1. The van der Waals surface area contributed by atoms with Crippen LogP contribution in [0.15, 0.2) is 46.7 Å². The number of hydrogen-bond acceptors (Lipinski definition) is 7. The van der Waals surface area contributed by atoms with Crippen LogP contribution in [0.3, 0.4) is 0 Å². The van der Waals surface area contributed by atoms with Crippen LogP contribution in [-0.4, -0.2) is 56.2 Å². The van der Waals surface area contributed by atoms with Crippen LogP contribution in [0.1, 0.15) is 36.0 Å². The van der Waals surface area contributed by atoms with E-state index in [1.807, 2.05) is 17.5 Å². The minimum absolute atomic E-state index is 0.0829. The van der Waals surface area contributed by atoms with Crippen molar-refractivity contribution in [3.8, 4) is 0 Å². The van der Waals surface area contributed by atoms with E-state index < -0.39 is 40.5 Å². The Morgan fingerprint density at radius 3 is 2.28 bits per heavy atom. The number of esters is 1. The summed E-state index contributed by atoms with van der Waals surface area (Å²) >= 11 is 1.50. The molecule has 1 aromatic carbocycles. The van der Waals surface area contributed by atoms with Crippen LogP contribution in [0.4, 0.5) is 0 Å². The second-order valence-corrected chi connectivity index (χ2v) is 9.70. The summed E-state index contributed by atoms with van der Waals surface area (Å²) in [6.07, 6.45) is -1.01. The van der Waals surface area contributed by atoms with Gasteiger partial charge in [0.25, 0.3) is 11.8 Å². The SMILES string of the molecule is CCN(CC)S(=O)(=O)c1ccc(C(=O)NCC(=O)OC(C)C(=O)NCc2cccs2)cc1. The van der Waals surface area contributed by atoms with E-state index in [1.165, 1.54) is 46.8 Å². The Kier molecular flexibility index (Phi) is 9.36. The number of ether oxygens (including phenoxy) is 1. The van der Waals surface area contributed by atoms with Crippen LogP contribution < -0.4 is 10.6 Å². The Morgan fingerprint density at radius 1 is 1.06 bits per heavy atom. The second-order valence-electron chi connectivity index (χ2n) is 6.73. The molecule has 0 fully saturated rings. The lowest BCUT2D eigenvalue weighted by Crippen LogP contribution is -2.38. The van der Waals surface area contributed by atoms with Crippen molar-refractivity contribution in [1.29, 1.82) is 0 Å². The monoisotopic (exact) mass is 481 g/mol. The van der Waals surface area contributed by atoms with Crippen LogP contribution in [0.2, 0.25) is 0 Å². The van der Waals surface area contributed by atoms with E-state index in [-0.39, 0.29) is 10.5 Å². The predicted molar refractivity (Wildman–Crippen MR) is 121 cm³/mol.